The Balaban J connectivity index is 2.90. The molecule has 0 aromatic heterocycles. The van der Waals surface area contributed by atoms with E-state index in [-0.39, 0.29) is 0 Å². The third-order valence-corrected chi connectivity index (χ3v) is 1.32. The van der Waals surface area contributed by atoms with Crippen LogP contribution in [-0.4, -0.2) is 6.18 Å². The van der Waals surface area contributed by atoms with Crippen LogP contribution in [0, 0.1) is 0 Å². The third kappa shape index (κ3) is 2.42. The van der Waals surface area contributed by atoms with E-state index in [1.807, 2.05) is 0 Å². The normalized spacial score (nSPS) is 29.4. The highest BCUT2D eigenvalue weighted by Crippen LogP contribution is 2.26. The third-order valence-electron chi connectivity index (χ3n) is 1.32. The van der Waals surface area contributed by atoms with Crippen molar-refractivity contribution in [2.24, 2.45) is 0 Å². The summed E-state index contributed by atoms with van der Waals surface area (Å²) in [5.74, 6) is 0. The molecule has 0 aromatic rings. The van der Waals surface area contributed by atoms with Gasteiger partial charge in [0.05, 0.1) is 5.57 Å². The largest absolute Gasteiger partial charge is 0.416 e. The Morgan fingerprint density at radius 3 is 2.08 bits per heavy atom. The van der Waals surface area contributed by atoms with Crippen LogP contribution in [0.25, 0.3) is 0 Å². The van der Waals surface area contributed by atoms with Gasteiger partial charge in [-0.1, -0.05) is 42.5 Å². The molecule has 64 valence electrons. The minimum Gasteiger partial charge on any atom is -0.166 e. The molecule has 0 spiro atoms. The van der Waals surface area contributed by atoms with Crippen LogP contribution in [0.3, 0.4) is 0 Å². The summed E-state index contributed by atoms with van der Waals surface area (Å²) in [5.41, 5.74) is -0.636. The minimum absolute atomic E-state index is 0.636. The predicted molar refractivity (Wildman–Crippen MR) is 41.6 cm³/mol. The molecule has 0 N–H and O–H groups in total. The summed E-state index contributed by atoms with van der Waals surface area (Å²) in [6.45, 7) is 0. The summed E-state index contributed by atoms with van der Waals surface area (Å²) >= 11 is 0. The summed E-state index contributed by atoms with van der Waals surface area (Å²) in [5, 5.41) is 0. The van der Waals surface area contributed by atoms with E-state index in [1.54, 1.807) is 18.2 Å². The molecule has 0 amide bonds. The Hall–Kier alpha value is -1.25. The summed E-state index contributed by atoms with van der Waals surface area (Å²) in [6, 6.07) is 0. The van der Waals surface area contributed by atoms with E-state index in [4.69, 9.17) is 0 Å². The van der Waals surface area contributed by atoms with E-state index >= 15 is 0 Å². The van der Waals surface area contributed by atoms with Crippen LogP contribution in [-0.2, 0) is 0 Å². The number of allylic oxidation sites excluding steroid dienone is 8. The van der Waals surface area contributed by atoms with E-state index in [1.165, 1.54) is 12.2 Å². The van der Waals surface area contributed by atoms with Crippen LogP contribution in [0.4, 0.5) is 13.2 Å². The first-order valence-electron chi connectivity index (χ1n) is 3.39. The van der Waals surface area contributed by atoms with Crippen LogP contribution >= 0.6 is 0 Å². The maximum absolute atomic E-state index is 12.1. The average molecular weight is 172 g/mol. The lowest BCUT2D eigenvalue weighted by atomic mass is 10.2. The van der Waals surface area contributed by atoms with E-state index in [0.29, 0.717) is 0 Å². The molecule has 0 atom stereocenters. The second-order valence-electron chi connectivity index (χ2n) is 2.25. The fourth-order valence-electron chi connectivity index (χ4n) is 0.755. The smallest absolute Gasteiger partial charge is 0.166 e. The van der Waals surface area contributed by atoms with Crippen molar-refractivity contribution in [1.82, 2.24) is 0 Å². The molecular formula is C9H7F3. The lowest BCUT2D eigenvalue weighted by Crippen LogP contribution is -2.09. The zero-order valence-corrected chi connectivity index (χ0v) is 6.18. The Labute approximate surface area is 68.4 Å². The van der Waals surface area contributed by atoms with Crippen LogP contribution in [0.15, 0.2) is 48.1 Å². The second-order valence-corrected chi connectivity index (χ2v) is 2.25. The van der Waals surface area contributed by atoms with Gasteiger partial charge in [0.25, 0.3) is 0 Å². The summed E-state index contributed by atoms with van der Waals surface area (Å²) < 4.78 is 36.2. The Morgan fingerprint density at radius 2 is 1.42 bits per heavy atom. The van der Waals surface area contributed by atoms with Crippen LogP contribution in [0.1, 0.15) is 0 Å². The van der Waals surface area contributed by atoms with Crippen LogP contribution in [0.2, 0.25) is 0 Å². The molecule has 0 radical (unpaired) electrons. The molecule has 0 unspecified atom stereocenters. The highest BCUT2D eigenvalue weighted by molar-refractivity contribution is 5.33. The van der Waals surface area contributed by atoms with E-state index in [2.05, 4.69) is 0 Å². The summed E-state index contributed by atoms with van der Waals surface area (Å²) in [6.07, 6.45) is 5.32. The molecule has 0 heterocycles. The first-order chi connectivity index (χ1) is 5.61. The molecule has 0 aliphatic heterocycles. The van der Waals surface area contributed by atoms with Crippen molar-refractivity contribution in [3.63, 3.8) is 0 Å². The highest BCUT2D eigenvalue weighted by Gasteiger charge is 2.30. The van der Waals surface area contributed by atoms with Crippen molar-refractivity contribution in [3.8, 4) is 0 Å². The quantitative estimate of drug-likeness (QED) is 0.526. The van der Waals surface area contributed by atoms with Gasteiger partial charge in [-0.3, -0.25) is 0 Å². The van der Waals surface area contributed by atoms with Crippen molar-refractivity contribution in [1.29, 1.82) is 0 Å². The molecule has 1 aliphatic carbocycles. The lowest BCUT2D eigenvalue weighted by molar-refractivity contribution is -0.0881. The molecule has 1 rings (SSSR count). The zero-order valence-electron chi connectivity index (χ0n) is 6.18. The number of alkyl halides is 3. The zero-order chi connectivity index (χ0) is 9.03. The molecule has 0 bridgehead atoms. The first-order valence-corrected chi connectivity index (χ1v) is 3.39. The number of halogens is 3. The highest BCUT2D eigenvalue weighted by atomic mass is 19.4. The molecule has 12 heavy (non-hydrogen) atoms. The molecule has 0 nitrogen and oxygen atoms in total. The second kappa shape index (κ2) is 3.43. The molecule has 1 aliphatic rings. The Bertz CT molecular complexity index is 264. The van der Waals surface area contributed by atoms with Gasteiger partial charge in [0.15, 0.2) is 0 Å². The summed E-state index contributed by atoms with van der Waals surface area (Å²) in [4.78, 5) is 0. The van der Waals surface area contributed by atoms with E-state index < -0.39 is 11.7 Å². The number of hydrogen-bond acceptors (Lipinski definition) is 0. The van der Waals surface area contributed by atoms with Crippen molar-refractivity contribution in [2.45, 2.75) is 6.18 Å². The van der Waals surface area contributed by atoms with Gasteiger partial charge in [0, 0.05) is 0 Å². The van der Waals surface area contributed by atoms with Crippen LogP contribution in [0.5, 0.6) is 0 Å². The molecule has 0 saturated carbocycles. The molecule has 0 fully saturated rings. The van der Waals surface area contributed by atoms with Crippen molar-refractivity contribution >= 4 is 0 Å². The van der Waals surface area contributed by atoms with Gasteiger partial charge in [-0.2, -0.15) is 13.2 Å². The van der Waals surface area contributed by atoms with Gasteiger partial charge in [0.1, 0.15) is 0 Å². The van der Waals surface area contributed by atoms with Crippen molar-refractivity contribution in [2.75, 3.05) is 0 Å². The summed E-state index contributed by atoms with van der Waals surface area (Å²) in [7, 11) is 0. The molecular weight excluding hydrogens is 165 g/mol. The van der Waals surface area contributed by atoms with Gasteiger partial charge >= 0.3 is 6.18 Å². The average Bonchev–Trinajstić information content (AvgIpc) is 1.81. The minimum atomic E-state index is -4.26. The Kier molecular flexibility index (Phi) is 2.53. The predicted octanol–water partition coefficient (Wildman–Crippen LogP) is 3.16. The topological polar surface area (TPSA) is 0 Å². The van der Waals surface area contributed by atoms with Crippen molar-refractivity contribution in [3.05, 3.63) is 48.1 Å². The maximum Gasteiger partial charge on any atom is 0.416 e. The standard InChI is InChI=1S/C9H7F3/c10-9(11,12)8-6-4-2-1-3-5-7-8/h1-7H/b2-1-,3-1?,4-2?,5-3-,6-4-,7-5?,8-6?,8-7+. The molecule has 0 aromatic carbocycles. The monoisotopic (exact) mass is 172 g/mol. The van der Waals surface area contributed by atoms with Gasteiger partial charge < -0.3 is 0 Å². The Morgan fingerprint density at radius 1 is 0.833 bits per heavy atom. The van der Waals surface area contributed by atoms with Gasteiger partial charge in [-0.25, -0.2) is 0 Å². The number of hydrogen-bond donors (Lipinski definition) is 0. The van der Waals surface area contributed by atoms with Crippen molar-refractivity contribution < 1.29 is 13.2 Å². The van der Waals surface area contributed by atoms with Gasteiger partial charge in [0.2, 0.25) is 0 Å². The van der Waals surface area contributed by atoms with E-state index in [9.17, 15) is 13.2 Å². The fourth-order valence-corrected chi connectivity index (χ4v) is 0.755. The first kappa shape index (κ1) is 8.84. The van der Waals surface area contributed by atoms with E-state index in [0.717, 1.165) is 12.2 Å². The number of rotatable bonds is 0. The molecule has 3 heteroatoms. The van der Waals surface area contributed by atoms with Crippen LogP contribution < -0.4 is 0 Å². The fraction of sp³-hybridized carbons (Fsp3) is 0.111. The van der Waals surface area contributed by atoms with Gasteiger partial charge in [-0.15, -0.1) is 0 Å². The lowest BCUT2D eigenvalue weighted by Gasteiger charge is -2.06. The maximum atomic E-state index is 12.1. The SMILES string of the molecule is FC(F)(F)C1=C/C=C\C=C/C=C\1. The molecule has 0 saturated heterocycles. The van der Waals surface area contributed by atoms with Gasteiger partial charge in [-0.05, 0) is 0 Å².